The van der Waals surface area contributed by atoms with Crippen LogP contribution in [0.1, 0.15) is 18.4 Å². The van der Waals surface area contributed by atoms with Crippen LogP contribution in [0.25, 0.3) is 0 Å². The Morgan fingerprint density at radius 1 is 1.00 bits per heavy atom. The molecule has 0 radical (unpaired) electrons. The quantitative estimate of drug-likeness (QED) is 0.500. The van der Waals surface area contributed by atoms with Crippen LogP contribution >= 0.6 is 11.6 Å². The lowest BCUT2D eigenvalue weighted by molar-refractivity contribution is -0.384. The van der Waals surface area contributed by atoms with Crippen LogP contribution in [0, 0.1) is 10.1 Å². The van der Waals surface area contributed by atoms with E-state index in [1.165, 1.54) is 34.6 Å². The third-order valence-corrected chi connectivity index (χ3v) is 8.15. The highest BCUT2D eigenvalue weighted by Gasteiger charge is 2.27. The maximum absolute atomic E-state index is 12.5. The molecule has 1 aliphatic heterocycles. The van der Waals surface area contributed by atoms with Crippen LogP contribution in [0.5, 0.6) is 0 Å². The predicted octanol–water partition coefficient (Wildman–Crippen LogP) is 2.51. The van der Waals surface area contributed by atoms with Crippen LogP contribution in [0.4, 0.5) is 5.69 Å². The van der Waals surface area contributed by atoms with Crippen molar-refractivity contribution >= 4 is 37.3 Å². The molecule has 0 unspecified atom stereocenters. The highest BCUT2D eigenvalue weighted by Crippen LogP contribution is 2.27. The van der Waals surface area contributed by atoms with Gasteiger partial charge < -0.3 is 0 Å². The van der Waals surface area contributed by atoms with Gasteiger partial charge in [0.25, 0.3) is 5.69 Å². The normalized spacial score (nSPS) is 15.5. The summed E-state index contributed by atoms with van der Waals surface area (Å²) in [5.74, 6) is 0. The van der Waals surface area contributed by atoms with Crippen molar-refractivity contribution in [3.05, 3.63) is 63.2 Å². The lowest BCUT2D eigenvalue weighted by atomic mass is 10.2. The van der Waals surface area contributed by atoms with Crippen LogP contribution in [-0.4, -0.2) is 39.2 Å². The van der Waals surface area contributed by atoms with E-state index in [9.17, 15) is 26.9 Å². The Bertz CT molecular complexity index is 1130. The van der Waals surface area contributed by atoms with E-state index in [2.05, 4.69) is 4.72 Å². The topological polar surface area (TPSA) is 127 Å². The molecule has 9 nitrogen and oxygen atoms in total. The van der Waals surface area contributed by atoms with Gasteiger partial charge in [0.15, 0.2) is 0 Å². The first-order valence-corrected chi connectivity index (χ1v) is 11.9. The monoisotopic (exact) mass is 459 g/mol. The Labute approximate surface area is 173 Å². The van der Waals surface area contributed by atoms with Gasteiger partial charge in [0.05, 0.1) is 14.7 Å². The molecule has 29 heavy (non-hydrogen) atoms. The van der Waals surface area contributed by atoms with E-state index >= 15 is 0 Å². The number of benzene rings is 2. The molecule has 12 heteroatoms. The van der Waals surface area contributed by atoms with Gasteiger partial charge in [-0.1, -0.05) is 23.7 Å². The molecule has 2 aromatic carbocycles. The second-order valence-corrected chi connectivity index (χ2v) is 10.6. The molecule has 1 aliphatic rings. The van der Waals surface area contributed by atoms with Gasteiger partial charge >= 0.3 is 0 Å². The number of hydrogen-bond donors (Lipinski definition) is 1. The first-order chi connectivity index (χ1) is 13.6. The molecule has 0 bridgehead atoms. The molecule has 1 N–H and O–H groups in total. The SMILES string of the molecule is O=[N+]([O-])c1cc(S(=O)(=O)NCc2ccc(S(=O)(=O)N3CCCC3)cc2)ccc1Cl. The lowest BCUT2D eigenvalue weighted by Crippen LogP contribution is -2.28. The summed E-state index contributed by atoms with van der Waals surface area (Å²) in [5.41, 5.74) is 0.0309. The van der Waals surface area contributed by atoms with E-state index in [1.54, 1.807) is 0 Å². The number of nitro benzene ring substituents is 1. The second kappa shape index (κ2) is 8.36. The average Bonchev–Trinajstić information content (AvgIpc) is 3.22. The summed E-state index contributed by atoms with van der Waals surface area (Å²) in [6, 6.07) is 9.12. The van der Waals surface area contributed by atoms with Crippen molar-refractivity contribution in [1.82, 2.24) is 9.03 Å². The molecule has 1 fully saturated rings. The minimum absolute atomic E-state index is 0.108. The highest BCUT2D eigenvalue weighted by atomic mass is 35.5. The minimum atomic E-state index is -4.02. The summed E-state index contributed by atoms with van der Waals surface area (Å²) in [4.78, 5) is 10.0. The molecule has 1 heterocycles. The number of sulfonamides is 2. The molecule has 0 spiro atoms. The first-order valence-electron chi connectivity index (χ1n) is 8.64. The van der Waals surface area contributed by atoms with Crippen molar-refractivity contribution in [2.45, 2.75) is 29.2 Å². The van der Waals surface area contributed by atoms with Gasteiger partial charge in [0.2, 0.25) is 20.0 Å². The van der Waals surface area contributed by atoms with Crippen LogP contribution in [0.15, 0.2) is 52.3 Å². The summed E-state index contributed by atoms with van der Waals surface area (Å²) in [6.45, 7) is 0.886. The smallest absolute Gasteiger partial charge is 0.258 e. The molecular weight excluding hydrogens is 442 g/mol. The molecule has 0 atom stereocenters. The van der Waals surface area contributed by atoms with Crippen molar-refractivity contribution in [3.8, 4) is 0 Å². The van der Waals surface area contributed by atoms with Gasteiger partial charge in [-0.2, -0.15) is 4.31 Å². The van der Waals surface area contributed by atoms with Crippen LogP contribution in [0.2, 0.25) is 5.02 Å². The van der Waals surface area contributed by atoms with Gasteiger partial charge in [-0.15, -0.1) is 0 Å². The van der Waals surface area contributed by atoms with Gasteiger partial charge in [-0.3, -0.25) is 10.1 Å². The number of nitrogens with zero attached hydrogens (tertiary/aromatic N) is 2. The van der Waals surface area contributed by atoms with E-state index < -0.39 is 30.7 Å². The number of hydrogen-bond acceptors (Lipinski definition) is 6. The Morgan fingerprint density at radius 3 is 2.17 bits per heavy atom. The van der Waals surface area contributed by atoms with Gasteiger partial charge in [0.1, 0.15) is 5.02 Å². The molecule has 1 saturated heterocycles. The Hall–Kier alpha value is -2.05. The predicted molar refractivity (Wildman–Crippen MR) is 107 cm³/mol. The highest BCUT2D eigenvalue weighted by molar-refractivity contribution is 7.89. The average molecular weight is 460 g/mol. The molecule has 2 aromatic rings. The lowest BCUT2D eigenvalue weighted by Gasteiger charge is -2.15. The van der Waals surface area contributed by atoms with Gasteiger partial charge in [-0.25, -0.2) is 21.6 Å². The van der Waals surface area contributed by atoms with E-state index in [0.29, 0.717) is 18.7 Å². The Kier molecular flexibility index (Phi) is 6.24. The maximum Gasteiger partial charge on any atom is 0.289 e. The molecule has 0 saturated carbocycles. The van der Waals surface area contributed by atoms with E-state index in [4.69, 9.17) is 11.6 Å². The first kappa shape index (κ1) is 21.7. The fraction of sp³-hybridized carbons (Fsp3) is 0.294. The van der Waals surface area contributed by atoms with E-state index in [1.807, 2.05) is 0 Å². The molecule has 3 rings (SSSR count). The van der Waals surface area contributed by atoms with Crippen molar-refractivity contribution < 1.29 is 21.8 Å². The van der Waals surface area contributed by atoms with Crippen molar-refractivity contribution in [2.75, 3.05) is 13.1 Å². The van der Waals surface area contributed by atoms with E-state index in [0.717, 1.165) is 25.0 Å². The third-order valence-electron chi connectivity index (χ3n) is 4.52. The number of nitro groups is 1. The summed E-state index contributed by atoms with van der Waals surface area (Å²) < 4.78 is 53.6. The molecule has 0 aliphatic carbocycles. The number of halogens is 1. The number of rotatable bonds is 7. The fourth-order valence-corrected chi connectivity index (χ4v) is 5.66. The Morgan fingerprint density at radius 2 is 1.59 bits per heavy atom. The zero-order chi connectivity index (χ0) is 21.2. The zero-order valence-corrected chi connectivity index (χ0v) is 17.5. The minimum Gasteiger partial charge on any atom is -0.258 e. The summed E-state index contributed by atoms with van der Waals surface area (Å²) in [7, 11) is -7.56. The standard InChI is InChI=1S/C17H18ClN3O6S2/c18-16-8-7-15(11-17(16)21(22)23)28(24,25)19-12-13-3-5-14(6-4-13)29(26,27)20-9-1-2-10-20/h3-8,11,19H,1-2,9-10,12H2. The molecule has 156 valence electrons. The molecule has 0 amide bonds. The molecule has 0 aromatic heterocycles. The maximum atomic E-state index is 12.5. The van der Waals surface area contributed by atoms with Crippen molar-refractivity contribution in [3.63, 3.8) is 0 Å². The van der Waals surface area contributed by atoms with Crippen molar-refractivity contribution in [2.24, 2.45) is 0 Å². The largest absolute Gasteiger partial charge is 0.289 e. The fourth-order valence-electron chi connectivity index (χ4n) is 2.92. The molecular formula is C17H18ClN3O6S2. The second-order valence-electron chi connectivity index (χ2n) is 6.45. The van der Waals surface area contributed by atoms with Gasteiger partial charge in [0, 0.05) is 25.7 Å². The van der Waals surface area contributed by atoms with Gasteiger partial charge in [-0.05, 0) is 42.7 Å². The third kappa shape index (κ3) is 4.75. The number of nitrogens with one attached hydrogen (secondary N) is 1. The Balaban J connectivity index is 1.73. The van der Waals surface area contributed by atoms with Crippen LogP contribution < -0.4 is 4.72 Å². The van der Waals surface area contributed by atoms with Crippen LogP contribution in [-0.2, 0) is 26.6 Å². The summed E-state index contributed by atoms with van der Waals surface area (Å²) >= 11 is 5.70. The van der Waals surface area contributed by atoms with E-state index in [-0.39, 0.29) is 21.4 Å². The summed E-state index contributed by atoms with van der Waals surface area (Å²) in [5, 5.41) is 10.8. The van der Waals surface area contributed by atoms with Crippen molar-refractivity contribution in [1.29, 1.82) is 0 Å². The zero-order valence-electron chi connectivity index (χ0n) is 15.1. The summed E-state index contributed by atoms with van der Waals surface area (Å²) in [6.07, 6.45) is 1.67. The van der Waals surface area contributed by atoms with Crippen LogP contribution in [0.3, 0.4) is 0 Å².